The molecule has 2 heterocycles. The molecule has 0 amide bonds. The van der Waals surface area contributed by atoms with Crippen LogP contribution >= 0.6 is 0 Å². The highest BCUT2D eigenvalue weighted by atomic mass is 15.3. The van der Waals surface area contributed by atoms with Crippen LogP contribution in [0.5, 0.6) is 0 Å². The van der Waals surface area contributed by atoms with Gasteiger partial charge in [0.1, 0.15) is 5.82 Å². The van der Waals surface area contributed by atoms with Crippen molar-refractivity contribution in [1.82, 2.24) is 19.7 Å². The first-order valence-electron chi connectivity index (χ1n) is 5.75. The summed E-state index contributed by atoms with van der Waals surface area (Å²) in [4.78, 5) is 8.20. The zero-order chi connectivity index (χ0) is 12.3. The molecule has 5 nitrogen and oxygen atoms in total. The van der Waals surface area contributed by atoms with Gasteiger partial charge in [0.15, 0.2) is 0 Å². The van der Waals surface area contributed by atoms with Crippen LogP contribution in [0.4, 0.5) is 5.82 Å². The van der Waals surface area contributed by atoms with E-state index in [1.54, 1.807) is 18.6 Å². The van der Waals surface area contributed by atoms with Crippen LogP contribution in [0.3, 0.4) is 0 Å². The van der Waals surface area contributed by atoms with E-state index in [-0.39, 0.29) is 0 Å². The van der Waals surface area contributed by atoms with E-state index in [0.29, 0.717) is 0 Å². The number of aromatic nitrogens is 4. The lowest BCUT2D eigenvalue weighted by molar-refractivity contribution is 0.633. The van der Waals surface area contributed by atoms with Gasteiger partial charge < -0.3 is 5.32 Å². The Balaban J connectivity index is 2.12. The number of hydrogen-bond acceptors (Lipinski definition) is 4. The van der Waals surface area contributed by atoms with Crippen molar-refractivity contribution in [3.8, 4) is 0 Å². The second-order valence-electron chi connectivity index (χ2n) is 3.91. The fraction of sp³-hybridized carbons (Fsp3) is 0.417. The van der Waals surface area contributed by atoms with Gasteiger partial charge in [0.05, 0.1) is 11.9 Å². The Kier molecular flexibility index (Phi) is 3.37. The van der Waals surface area contributed by atoms with Gasteiger partial charge >= 0.3 is 0 Å². The van der Waals surface area contributed by atoms with Crippen molar-refractivity contribution in [2.24, 2.45) is 0 Å². The minimum atomic E-state index is 0.732. The van der Waals surface area contributed by atoms with Crippen molar-refractivity contribution in [3.05, 3.63) is 35.5 Å². The predicted octanol–water partition coefficient (Wildman–Crippen LogP) is 1.92. The van der Waals surface area contributed by atoms with Crippen LogP contribution in [-0.2, 0) is 13.1 Å². The third-order valence-electron chi connectivity index (χ3n) is 2.84. The Morgan fingerprint density at radius 3 is 2.71 bits per heavy atom. The van der Waals surface area contributed by atoms with Crippen molar-refractivity contribution >= 4 is 5.82 Å². The summed E-state index contributed by atoms with van der Waals surface area (Å²) in [6.45, 7) is 7.86. The minimum absolute atomic E-state index is 0.732. The lowest BCUT2D eigenvalue weighted by atomic mass is 10.2. The second kappa shape index (κ2) is 4.95. The van der Waals surface area contributed by atoms with Crippen LogP contribution in [0.1, 0.15) is 23.9 Å². The van der Waals surface area contributed by atoms with E-state index >= 15 is 0 Å². The third kappa shape index (κ3) is 2.43. The molecule has 0 aliphatic rings. The van der Waals surface area contributed by atoms with Gasteiger partial charge in [-0.05, 0) is 20.8 Å². The molecule has 90 valence electrons. The largest absolute Gasteiger partial charge is 0.365 e. The Morgan fingerprint density at radius 1 is 1.29 bits per heavy atom. The highest BCUT2D eigenvalue weighted by Gasteiger charge is 2.09. The Morgan fingerprint density at radius 2 is 2.12 bits per heavy atom. The van der Waals surface area contributed by atoms with Gasteiger partial charge in [0.2, 0.25) is 0 Å². The zero-order valence-electron chi connectivity index (χ0n) is 10.4. The van der Waals surface area contributed by atoms with Crippen LogP contribution in [0.15, 0.2) is 18.6 Å². The van der Waals surface area contributed by atoms with Gasteiger partial charge in [-0.3, -0.25) is 9.67 Å². The van der Waals surface area contributed by atoms with Gasteiger partial charge in [-0.2, -0.15) is 5.10 Å². The van der Waals surface area contributed by atoms with E-state index in [1.165, 1.54) is 11.3 Å². The predicted molar refractivity (Wildman–Crippen MR) is 66.7 cm³/mol. The first-order valence-corrected chi connectivity index (χ1v) is 5.75. The summed E-state index contributed by atoms with van der Waals surface area (Å²) >= 11 is 0. The molecule has 5 heteroatoms. The maximum atomic E-state index is 4.48. The van der Waals surface area contributed by atoms with Gasteiger partial charge in [0.25, 0.3) is 0 Å². The number of anilines is 1. The van der Waals surface area contributed by atoms with E-state index in [1.807, 2.05) is 11.6 Å². The molecular formula is C12H17N5. The molecule has 2 rings (SSSR count). The van der Waals surface area contributed by atoms with E-state index in [9.17, 15) is 0 Å². The average molecular weight is 231 g/mol. The Bertz CT molecular complexity index is 489. The number of hydrogen-bond donors (Lipinski definition) is 1. The number of nitrogens with one attached hydrogen (secondary N) is 1. The second-order valence-corrected chi connectivity index (χ2v) is 3.91. The molecule has 0 spiro atoms. The molecule has 0 bridgehead atoms. The summed E-state index contributed by atoms with van der Waals surface area (Å²) in [5.74, 6) is 0.788. The molecule has 0 aromatic carbocycles. The van der Waals surface area contributed by atoms with Gasteiger partial charge in [0, 0.05) is 36.7 Å². The molecule has 0 fully saturated rings. The smallest absolute Gasteiger partial charge is 0.144 e. The molecule has 2 aromatic rings. The van der Waals surface area contributed by atoms with E-state index < -0.39 is 0 Å². The van der Waals surface area contributed by atoms with Crippen LogP contribution < -0.4 is 5.32 Å². The summed E-state index contributed by atoms with van der Waals surface area (Å²) in [6.07, 6.45) is 5.06. The quantitative estimate of drug-likeness (QED) is 0.873. The molecule has 17 heavy (non-hydrogen) atoms. The van der Waals surface area contributed by atoms with Crippen molar-refractivity contribution in [2.45, 2.75) is 33.9 Å². The van der Waals surface area contributed by atoms with Crippen LogP contribution in [0, 0.1) is 13.8 Å². The van der Waals surface area contributed by atoms with Crippen LogP contribution in [-0.4, -0.2) is 19.7 Å². The van der Waals surface area contributed by atoms with E-state index in [2.05, 4.69) is 34.2 Å². The molecule has 1 N–H and O–H groups in total. The fourth-order valence-corrected chi connectivity index (χ4v) is 1.87. The first kappa shape index (κ1) is 11.6. The molecule has 0 aliphatic carbocycles. The van der Waals surface area contributed by atoms with Crippen molar-refractivity contribution in [2.75, 3.05) is 5.32 Å². The molecule has 0 radical (unpaired) electrons. The highest BCUT2D eigenvalue weighted by molar-refractivity contribution is 5.34. The number of nitrogens with zero attached hydrogens (tertiary/aromatic N) is 4. The van der Waals surface area contributed by atoms with Gasteiger partial charge in [-0.15, -0.1) is 0 Å². The standard InChI is InChI=1S/C12H17N5/c1-4-17-10(3)11(9(2)16-17)7-15-12-8-13-5-6-14-12/h5-6,8H,4,7H2,1-3H3,(H,14,15). The molecular weight excluding hydrogens is 214 g/mol. The summed E-state index contributed by atoms with van der Waals surface area (Å²) in [5.41, 5.74) is 3.51. The molecule has 0 aliphatic heterocycles. The van der Waals surface area contributed by atoms with Crippen molar-refractivity contribution < 1.29 is 0 Å². The van der Waals surface area contributed by atoms with E-state index in [0.717, 1.165) is 24.6 Å². The molecule has 0 saturated carbocycles. The Hall–Kier alpha value is -1.91. The SMILES string of the molecule is CCn1nc(C)c(CNc2cnccn2)c1C. The van der Waals surface area contributed by atoms with Gasteiger partial charge in [-0.25, -0.2) is 4.98 Å². The van der Waals surface area contributed by atoms with Crippen molar-refractivity contribution in [1.29, 1.82) is 0 Å². The highest BCUT2D eigenvalue weighted by Crippen LogP contribution is 2.14. The number of rotatable bonds is 4. The summed E-state index contributed by atoms with van der Waals surface area (Å²) < 4.78 is 2.02. The average Bonchev–Trinajstić information content (AvgIpc) is 2.63. The van der Waals surface area contributed by atoms with Crippen molar-refractivity contribution in [3.63, 3.8) is 0 Å². The normalized spacial score (nSPS) is 10.5. The minimum Gasteiger partial charge on any atom is -0.365 e. The lowest BCUT2D eigenvalue weighted by Gasteiger charge is -2.05. The molecule has 2 aromatic heterocycles. The maximum Gasteiger partial charge on any atom is 0.144 e. The molecule has 0 unspecified atom stereocenters. The van der Waals surface area contributed by atoms with E-state index in [4.69, 9.17) is 0 Å². The van der Waals surface area contributed by atoms with Gasteiger partial charge in [-0.1, -0.05) is 0 Å². The zero-order valence-corrected chi connectivity index (χ0v) is 10.4. The summed E-state index contributed by atoms with van der Waals surface area (Å²) in [5, 5.41) is 7.73. The maximum absolute atomic E-state index is 4.48. The third-order valence-corrected chi connectivity index (χ3v) is 2.84. The van der Waals surface area contributed by atoms with Crippen LogP contribution in [0.25, 0.3) is 0 Å². The molecule has 0 atom stereocenters. The topological polar surface area (TPSA) is 55.6 Å². The Labute approximate surface area is 101 Å². The number of aryl methyl sites for hydroxylation is 2. The molecule has 0 saturated heterocycles. The summed E-state index contributed by atoms with van der Waals surface area (Å²) in [7, 11) is 0. The monoisotopic (exact) mass is 231 g/mol. The first-order chi connectivity index (χ1) is 8.22. The van der Waals surface area contributed by atoms with Crippen LogP contribution in [0.2, 0.25) is 0 Å². The summed E-state index contributed by atoms with van der Waals surface area (Å²) in [6, 6.07) is 0. The fourth-order valence-electron chi connectivity index (χ4n) is 1.87. The lowest BCUT2D eigenvalue weighted by Crippen LogP contribution is -2.04.